The maximum Gasteiger partial charge on any atom is 0.320 e. The highest BCUT2D eigenvalue weighted by Crippen LogP contribution is 2.30. The van der Waals surface area contributed by atoms with E-state index in [-0.39, 0.29) is 6.04 Å². The molecule has 0 aromatic rings. The summed E-state index contributed by atoms with van der Waals surface area (Å²) in [5.74, 6) is -0.662. The second kappa shape index (κ2) is 4.30. The van der Waals surface area contributed by atoms with Crippen LogP contribution in [0.1, 0.15) is 40.0 Å². The molecule has 1 aliphatic rings. The van der Waals surface area contributed by atoms with E-state index < -0.39 is 5.97 Å². The summed E-state index contributed by atoms with van der Waals surface area (Å²) in [5, 5.41) is 9.09. The minimum Gasteiger partial charge on any atom is -0.480 e. The molecule has 0 saturated carbocycles. The zero-order chi connectivity index (χ0) is 10.8. The molecule has 1 fully saturated rings. The molecule has 3 heteroatoms. The van der Waals surface area contributed by atoms with Crippen LogP contribution in [0.4, 0.5) is 0 Å². The average molecular weight is 199 g/mol. The standard InChI is InChI=1S/C11H21NO2/c1-4-5-9(10(13)14)12-7-6-11(2,3)8-12/h9H,4-8H2,1-3H3,(H,13,14). The van der Waals surface area contributed by atoms with Crippen molar-refractivity contribution in [3.05, 3.63) is 0 Å². The molecule has 1 atom stereocenters. The van der Waals surface area contributed by atoms with Crippen molar-refractivity contribution in [3.63, 3.8) is 0 Å². The highest BCUT2D eigenvalue weighted by atomic mass is 16.4. The number of carbonyl (C=O) groups is 1. The molecule has 3 nitrogen and oxygen atoms in total. The van der Waals surface area contributed by atoms with Crippen molar-refractivity contribution >= 4 is 5.97 Å². The molecule has 1 N–H and O–H groups in total. The van der Waals surface area contributed by atoms with E-state index in [0.717, 1.165) is 32.4 Å². The van der Waals surface area contributed by atoms with E-state index in [4.69, 9.17) is 5.11 Å². The zero-order valence-electron chi connectivity index (χ0n) is 9.42. The van der Waals surface area contributed by atoms with Crippen molar-refractivity contribution in [2.75, 3.05) is 13.1 Å². The number of rotatable bonds is 4. The number of carboxylic acid groups (broad SMARTS) is 1. The lowest BCUT2D eigenvalue weighted by atomic mass is 9.93. The van der Waals surface area contributed by atoms with Crippen molar-refractivity contribution in [2.24, 2.45) is 5.41 Å². The van der Waals surface area contributed by atoms with Crippen LogP contribution in [0.2, 0.25) is 0 Å². The van der Waals surface area contributed by atoms with Gasteiger partial charge in [0.1, 0.15) is 6.04 Å². The maximum atomic E-state index is 11.0. The van der Waals surface area contributed by atoms with Crippen molar-refractivity contribution in [2.45, 2.75) is 46.1 Å². The highest BCUT2D eigenvalue weighted by molar-refractivity contribution is 5.73. The van der Waals surface area contributed by atoms with Crippen LogP contribution in [0.5, 0.6) is 0 Å². The number of hydrogen-bond acceptors (Lipinski definition) is 2. The largest absolute Gasteiger partial charge is 0.480 e. The summed E-state index contributed by atoms with van der Waals surface area (Å²) in [6, 6.07) is -0.262. The lowest BCUT2D eigenvalue weighted by Gasteiger charge is -2.25. The quantitative estimate of drug-likeness (QED) is 0.752. The predicted octanol–water partition coefficient (Wildman–Crippen LogP) is 1.97. The van der Waals surface area contributed by atoms with Gasteiger partial charge in [-0.05, 0) is 24.8 Å². The fraction of sp³-hybridized carbons (Fsp3) is 0.909. The molecule has 0 bridgehead atoms. The van der Waals surface area contributed by atoms with Crippen molar-refractivity contribution < 1.29 is 9.90 Å². The van der Waals surface area contributed by atoms with Gasteiger partial charge in [0.05, 0.1) is 0 Å². The van der Waals surface area contributed by atoms with Crippen molar-refractivity contribution in [1.29, 1.82) is 0 Å². The molecule has 0 aromatic carbocycles. The van der Waals surface area contributed by atoms with Gasteiger partial charge in [0.15, 0.2) is 0 Å². The topological polar surface area (TPSA) is 40.5 Å². The first-order valence-electron chi connectivity index (χ1n) is 5.43. The summed E-state index contributed by atoms with van der Waals surface area (Å²) >= 11 is 0. The van der Waals surface area contributed by atoms with Crippen molar-refractivity contribution in [3.8, 4) is 0 Å². The second-order valence-corrected chi connectivity index (χ2v) is 5.03. The molecule has 0 aromatic heterocycles. The number of likely N-dealkylation sites (tertiary alicyclic amines) is 1. The Kier molecular flexibility index (Phi) is 3.53. The molecule has 1 unspecified atom stereocenters. The number of nitrogens with zero attached hydrogens (tertiary/aromatic N) is 1. The van der Waals surface area contributed by atoms with E-state index >= 15 is 0 Å². The Balaban J connectivity index is 2.58. The molecule has 1 aliphatic heterocycles. The van der Waals surface area contributed by atoms with E-state index in [0.29, 0.717) is 5.41 Å². The Morgan fingerprint density at radius 3 is 2.57 bits per heavy atom. The zero-order valence-corrected chi connectivity index (χ0v) is 9.42. The van der Waals surface area contributed by atoms with E-state index in [9.17, 15) is 4.79 Å². The first-order valence-corrected chi connectivity index (χ1v) is 5.43. The van der Waals surface area contributed by atoms with Crippen LogP contribution in [0.25, 0.3) is 0 Å². The van der Waals surface area contributed by atoms with E-state index in [1.165, 1.54) is 0 Å². The van der Waals surface area contributed by atoms with Crippen LogP contribution < -0.4 is 0 Å². The lowest BCUT2D eigenvalue weighted by Crippen LogP contribution is -2.40. The molecule has 0 radical (unpaired) electrons. The van der Waals surface area contributed by atoms with E-state index in [2.05, 4.69) is 18.7 Å². The SMILES string of the molecule is CCCC(C(=O)O)N1CCC(C)(C)C1. The summed E-state index contributed by atoms with van der Waals surface area (Å²) in [6.07, 6.45) is 2.82. The second-order valence-electron chi connectivity index (χ2n) is 5.03. The Labute approximate surface area is 86.1 Å². The first kappa shape index (κ1) is 11.5. The molecule has 1 saturated heterocycles. The van der Waals surface area contributed by atoms with Crippen LogP contribution in [0.15, 0.2) is 0 Å². The summed E-state index contributed by atoms with van der Waals surface area (Å²) in [7, 11) is 0. The third kappa shape index (κ3) is 2.71. The van der Waals surface area contributed by atoms with Gasteiger partial charge in [-0.15, -0.1) is 0 Å². The molecule has 0 amide bonds. The molecule has 82 valence electrons. The van der Waals surface area contributed by atoms with Crippen molar-refractivity contribution in [1.82, 2.24) is 4.90 Å². The minimum atomic E-state index is -0.662. The Morgan fingerprint density at radius 1 is 1.57 bits per heavy atom. The molecule has 0 aliphatic carbocycles. The summed E-state index contributed by atoms with van der Waals surface area (Å²) < 4.78 is 0. The lowest BCUT2D eigenvalue weighted by molar-refractivity contribution is -0.143. The Morgan fingerprint density at radius 2 is 2.21 bits per heavy atom. The first-order chi connectivity index (χ1) is 6.46. The summed E-state index contributed by atoms with van der Waals surface area (Å²) in [6.45, 7) is 8.31. The highest BCUT2D eigenvalue weighted by Gasteiger charge is 2.35. The van der Waals surface area contributed by atoms with Crippen LogP contribution in [-0.2, 0) is 4.79 Å². The van der Waals surface area contributed by atoms with Gasteiger partial charge in [0.25, 0.3) is 0 Å². The van der Waals surface area contributed by atoms with Gasteiger partial charge in [-0.25, -0.2) is 0 Å². The minimum absolute atomic E-state index is 0.262. The molecule has 1 heterocycles. The molecular weight excluding hydrogens is 178 g/mol. The smallest absolute Gasteiger partial charge is 0.320 e. The Bertz CT molecular complexity index is 213. The fourth-order valence-electron chi connectivity index (χ4n) is 2.16. The molecule has 1 rings (SSSR count). The summed E-state index contributed by atoms with van der Waals surface area (Å²) in [5.41, 5.74) is 0.293. The maximum absolute atomic E-state index is 11.0. The third-order valence-corrected chi connectivity index (χ3v) is 2.99. The third-order valence-electron chi connectivity index (χ3n) is 2.99. The Hall–Kier alpha value is -0.570. The van der Waals surface area contributed by atoms with Crippen LogP contribution in [-0.4, -0.2) is 35.1 Å². The van der Waals surface area contributed by atoms with Crippen LogP contribution in [0.3, 0.4) is 0 Å². The van der Waals surface area contributed by atoms with Gasteiger partial charge in [-0.1, -0.05) is 27.2 Å². The van der Waals surface area contributed by atoms with Crippen LogP contribution in [0, 0.1) is 5.41 Å². The predicted molar refractivity (Wildman–Crippen MR) is 56.3 cm³/mol. The molecule has 14 heavy (non-hydrogen) atoms. The number of carboxylic acids is 1. The van der Waals surface area contributed by atoms with Gasteiger partial charge >= 0.3 is 5.97 Å². The van der Waals surface area contributed by atoms with Gasteiger partial charge in [-0.3, -0.25) is 9.69 Å². The monoisotopic (exact) mass is 199 g/mol. The molecule has 0 spiro atoms. The van der Waals surface area contributed by atoms with E-state index in [1.807, 2.05) is 6.92 Å². The van der Waals surface area contributed by atoms with Gasteiger partial charge in [0, 0.05) is 6.54 Å². The summed E-state index contributed by atoms with van der Waals surface area (Å²) in [4.78, 5) is 13.2. The van der Waals surface area contributed by atoms with Gasteiger partial charge < -0.3 is 5.11 Å². The van der Waals surface area contributed by atoms with Gasteiger partial charge in [-0.2, -0.15) is 0 Å². The number of aliphatic carboxylic acids is 1. The fourth-order valence-corrected chi connectivity index (χ4v) is 2.16. The van der Waals surface area contributed by atoms with Gasteiger partial charge in [0.2, 0.25) is 0 Å². The van der Waals surface area contributed by atoms with E-state index in [1.54, 1.807) is 0 Å². The average Bonchev–Trinajstić information content (AvgIpc) is 2.41. The normalized spacial score (nSPS) is 23.6. The molecular formula is C11H21NO2. The van der Waals surface area contributed by atoms with Crippen LogP contribution >= 0.6 is 0 Å². The number of hydrogen-bond donors (Lipinski definition) is 1.